The zero-order chi connectivity index (χ0) is 14.3. The third-order valence-corrected chi connectivity index (χ3v) is 3.41. The van der Waals surface area contributed by atoms with Gasteiger partial charge in [-0.2, -0.15) is 0 Å². The summed E-state index contributed by atoms with van der Waals surface area (Å²) in [6.07, 6.45) is 3.60. The third kappa shape index (κ3) is 2.02. The lowest BCUT2D eigenvalue weighted by atomic mass is 10.0. The number of H-pyrrole nitrogens is 1. The van der Waals surface area contributed by atoms with Gasteiger partial charge in [0.2, 0.25) is 5.56 Å². The summed E-state index contributed by atoms with van der Waals surface area (Å²) in [7, 11) is 1.97. The maximum absolute atomic E-state index is 11.5. The summed E-state index contributed by atoms with van der Waals surface area (Å²) in [5.41, 5.74) is 10.4. The fourth-order valence-corrected chi connectivity index (χ4v) is 2.39. The van der Waals surface area contributed by atoms with Gasteiger partial charge in [-0.1, -0.05) is 0 Å². The first kappa shape index (κ1) is 12.6. The summed E-state index contributed by atoms with van der Waals surface area (Å²) in [6, 6.07) is 7.23. The Balaban J connectivity index is 2.34. The second kappa shape index (κ2) is 4.61. The van der Waals surface area contributed by atoms with E-state index in [-0.39, 0.29) is 11.6 Å². The molecule has 20 heavy (non-hydrogen) atoms. The molecule has 0 aliphatic heterocycles. The molecule has 3 aromatic rings. The summed E-state index contributed by atoms with van der Waals surface area (Å²) in [5, 5.41) is 0. The summed E-state index contributed by atoms with van der Waals surface area (Å²) in [5.74, 6) is 0. The monoisotopic (exact) mass is 268 g/mol. The van der Waals surface area contributed by atoms with Crippen molar-refractivity contribution in [1.82, 2.24) is 14.5 Å². The van der Waals surface area contributed by atoms with Crippen LogP contribution in [0.5, 0.6) is 0 Å². The molecule has 0 aromatic carbocycles. The van der Waals surface area contributed by atoms with E-state index in [1.165, 1.54) is 0 Å². The van der Waals surface area contributed by atoms with Crippen molar-refractivity contribution in [3.8, 4) is 11.1 Å². The SMILES string of the molecule is CC(N)c1nc2ccn(C)c2cc1-c1cc[nH]c(=O)c1. The third-order valence-electron chi connectivity index (χ3n) is 3.41. The first-order valence-corrected chi connectivity index (χ1v) is 6.47. The topological polar surface area (TPSA) is 76.7 Å². The van der Waals surface area contributed by atoms with E-state index >= 15 is 0 Å². The Bertz CT molecular complexity index is 829. The molecular weight excluding hydrogens is 252 g/mol. The minimum atomic E-state index is -0.200. The van der Waals surface area contributed by atoms with Crippen LogP contribution in [0.4, 0.5) is 0 Å². The molecule has 0 saturated heterocycles. The maximum Gasteiger partial charge on any atom is 0.248 e. The predicted molar refractivity (Wildman–Crippen MR) is 79.4 cm³/mol. The number of aryl methyl sites for hydroxylation is 1. The summed E-state index contributed by atoms with van der Waals surface area (Å²) in [6.45, 7) is 1.90. The lowest BCUT2D eigenvalue weighted by molar-refractivity contribution is 0.789. The van der Waals surface area contributed by atoms with Crippen molar-refractivity contribution in [2.45, 2.75) is 13.0 Å². The zero-order valence-electron chi connectivity index (χ0n) is 11.4. The van der Waals surface area contributed by atoms with Crippen LogP contribution in [-0.2, 0) is 7.05 Å². The van der Waals surface area contributed by atoms with Crippen LogP contribution in [0.1, 0.15) is 18.7 Å². The van der Waals surface area contributed by atoms with E-state index in [1.807, 2.05) is 42.9 Å². The second-order valence-corrected chi connectivity index (χ2v) is 4.98. The number of nitrogens with zero attached hydrogens (tertiary/aromatic N) is 2. The number of fused-ring (bicyclic) bond motifs is 1. The molecule has 5 nitrogen and oxygen atoms in total. The van der Waals surface area contributed by atoms with E-state index in [0.717, 1.165) is 27.9 Å². The number of nitrogens with one attached hydrogen (secondary N) is 1. The normalized spacial score (nSPS) is 12.8. The number of hydrogen-bond acceptors (Lipinski definition) is 3. The minimum absolute atomic E-state index is 0.134. The fourth-order valence-electron chi connectivity index (χ4n) is 2.39. The first-order valence-electron chi connectivity index (χ1n) is 6.47. The molecule has 0 saturated carbocycles. The minimum Gasteiger partial charge on any atom is -0.349 e. The molecular formula is C15H16N4O. The number of aromatic nitrogens is 3. The van der Waals surface area contributed by atoms with Crippen LogP contribution in [0.3, 0.4) is 0 Å². The van der Waals surface area contributed by atoms with Gasteiger partial charge >= 0.3 is 0 Å². The first-order chi connectivity index (χ1) is 9.56. The summed E-state index contributed by atoms with van der Waals surface area (Å²) >= 11 is 0. The Kier molecular flexibility index (Phi) is 2.91. The Labute approximate surface area is 116 Å². The Hall–Kier alpha value is -2.40. The number of nitrogens with two attached hydrogens (primary N) is 1. The van der Waals surface area contributed by atoms with E-state index in [4.69, 9.17) is 5.73 Å². The molecule has 3 aromatic heterocycles. The second-order valence-electron chi connectivity index (χ2n) is 4.98. The van der Waals surface area contributed by atoms with Crippen molar-refractivity contribution >= 4 is 11.0 Å². The lowest BCUT2D eigenvalue weighted by Crippen LogP contribution is -2.10. The van der Waals surface area contributed by atoms with Gasteiger partial charge in [0.05, 0.1) is 16.7 Å². The standard InChI is InChI=1S/C15H16N4O/c1-9(16)15-11(10-3-5-17-14(20)7-10)8-13-12(18-15)4-6-19(13)2/h3-9H,16H2,1-2H3,(H,17,20). The largest absolute Gasteiger partial charge is 0.349 e. The average molecular weight is 268 g/mol. The van der Waals surface area contributed by atoms with Crippen LogP contribution in [0.15, 0.2) is 41.5 Å². The molecule has 5 heteroatoms. The van der Waals surface area contributed by atoms with Gasteiger partial charge in [0.25, 0.3) is 0 Å². The highest BCUT2D eigenvalue weighted by atomic mass is 16.1. The molecule has 3 heterocycles. The van der Waals surface area contributed by atoms with Crippen molar-refractivity contribution < 1.29 is 0 Å². The summed E-state index contributed by atoms with van der Waals surface area (Å²) in [4.78, 5) is 18.8. The van der Waals surface area contributed by atoms with Crippen LogP contribution < -0.4 is 11.3 Å². The highest BCUT2D eigenvalue weighted by Gasteiger charge is 2.14. The van der Waals surface area contributed by atoms with Gasteiger partial charge in [-0.15, -0.1) is 0 Å². The van der Waals surface area contributed by atoms with Crippen LogP contribution in [0.25, 0.3) is 22.2 Å². The Morgan fingerprint density at radius 2 is 2.15 bits per heavy atom. The lowest BCUT2D eigenvalue weighted by Gasteiger charge is -2.12. The van der Waals surface area contributed by atoms with Gasteiger partial charge in [0, 0.05) is 37.1 Å². The summed E-state index contributed by atoms with van der Waals surface area (Å²) < 4.78 is 2.00. The van der Waals surface area contributed by atoms with E-state index in [9.17, 15) is 4.79 Å². The molecule has 0 bridgehead atoms. The molecule has 3 N–H and O–H groups in total. The maximum atomic E-state index is 11.5. The molecule has 3 rings (SSSR count). The van der Waals surface area contributed by atoms with Crippen molar-refractivity contribution in [3.05, 3.63) is 52.7 Å². The number of hydrogen-bond donors (Lipinski definition) is 2. The number of rotatable bonds is 2. The Morgan fingerprint density at radius 1 is 1.35 bits per heavy atom. The molecule has 102 valence electrons. The van der Waals surface area contributed by atoms with E-state index in [0.29, 0.717) is 0 Å². The van der Waals surface area contributed by atoms with Gasteiger partial charge < -0.3 is 15.3 Å². The van der Waals surface area contributed by atoms with Crippen LogP contribution >= 0.6 is 0 Å². The molecule has 0 amide bonds. The van der Waals surface area contributed by atoms with Crippen molar-refractivity contribution in [1.29, 1.82) is 0 Å². The molecule has 0 aliphatic rings. The van der Waals surface area contributed by atoms with Crippen molar-refractivity contribution in [3.63, 3.8) is 0 Å². The van der Waals surface area contributed by atoms with Crippen LogP contribution in [0.2, 0.25) is 0 Å². The van der Waals surface area contributed by atoms with Crippen molar-refractivity contribution in [2.75, 3.05) is 0 Å². The highest BCUT2D eigenvalue weighted by molar-refractivity contribution is 5.83. The quantitative estimate of drug-likeness (QED) is 0.745. The van der Waals surface area contributed by atoms with Gasteiger partial charge in [-0.05, 0) is 30.7 Å². The van der Waals surface area contributed by atoms with Gasteiger partial charge in [-0.3, -0.25) is 4.79 Å². The molecule has 0 spiro atoms. The van der Waals surface area contributed by atoms with E-state index in [2.05, 4.69) is 9.97 Å². The molecule has 0 fully saturated rings. The van der Waals surface area contributed by atoms with Crippen LogP contribution in [-0.4, -0.2) is 14.5 Å². The zero-order valence-corrected chi connectivity index (χ0v) is 11.4. The molecule has 0 radical (unpaired) electrons. The van der Waals surface area contributed by atoms with Gasteiger partial charge in [0.15, 0.2) is 0 Å². The van der Waals surface area contributed by atoms with Crippen LogP contribution in [0, 0.1) is 0 Å². The predicted octanol–water partition coefficient (Wildman–Crippen LogP) is 1.95. The number of aromatic amines is 1. The molecule has 0 aliphatic carbocycles. The number of pyridine rings is 2. The average Bonchev–Trinajstić information content (AvgIpc) is 2.78. The smallest absolute Gasteiger partial charge is 0.248 e. The van der Waals surface area contributed by atoms with E-state index in [1.54, 1.807) is 12.3 Å². The molecule has 1 atom stereocenters. The highest BCUT2D eigenvalue weighted by Crippen LogP contribution is 2.28. The van der Waals surface area contributed by atoms with Gasteiger partial charge in [-0.25, -0.2) is 4.98 Å². The fraction of sp³-hybridized carbons (Fsp3) is 0.200. The molecule has 1 unspecified atom stereocenters. The Morgan fingerprint density at radius 3 is 2.85 bits per heavy atom. The van der Waals surface area contributed by atoms with Crippen molar-refractivity contribution in [2.24, 2.45) is 12.8 Å². The van der Waals surface area contributed by atoms with Gasteiger partial charge in [0.1, 0.15) is 0 Å². The van der Waals surface area contributed by atoms with E-state index < -0.39 is 0 Å².